The highest BCUT2D eigenvalue weighted by Gasteiger charge is 2.49. The third kappa shape index (κ3) is 4.19. The van der Waals surface area contributed by atoms with E-state index in [0.29, 0.717) is 12.2 Å². The predicted octanol–water partition coefficient (Wildman–Crippen LogP) is 3.41. The van der Waals surface area contributed by atoms with Crippen LogP contribution in [0.15, 0.2) is 54.6 Å². The molecule has 8 heteroatoms. The van der Waals surface area contributed by atoms with Crippen molar-refractivity contribution in [2.75, 3.05) is 11.5 Å². The maximum atomic E-state index is 13.8. The molecule has 1 atom stereocenters. The highest BCUT2D eigenvalue weighted by Crippen LogP contribution is 2.35. The summed E-state index contributed by atoms with van der Waals surface area (Å²) in [6, 6.07) is 16.8. The van der Waals surface area contributed by atoms with Crippen molar-refractivity contribution in [1.82, 2.24) is 15.1 Å². The summed E-state index contributed by atoms with van der Waals surface area (Å²) in [5.74, 6) is -1.32. The van der Waals surface area contributed by atoms with E-state index < -0.39 is 17.4 Å². The first-order valence-electron chi connectivity index (χ1n) is 11.2. The fourth-order valence-electron chi connectivity index (χ4n) is 4.19. The molecule has 1 aliphatic heterocycles. The molecule has 2 amide bonds. The minimum Gasteiger partial charge on any atom is -0.461 e. The molecule has 4 rings (SSSR count). The van der Waals surface area contributed by atoms with Gasteiger partial charge < -0.3 is 10.1 Å². The largest absolute Gasteiger partial charge is 0.461 e. The fourth-order valence-corrected chi connectivity index (χ4v) is 4.19. The number of aryl methyl sites for hydroxylation is 2. The zero-order valence-corrected chi connectivity index (χ0v) is 19.8. The van der Waals surface area contributed by atoms with Crippen LogP contribution in [0.5, 0.6) is 0 Å². The number of fused-ring (bicyclic) bond motifs is 1. The molecule has 176 valence electrons. The third-order valence-electron chi connectivity index (χ3n) is 6.03. The molecule has 34 heavy (non-hydrogen) atoms. The van der Waals surface area contributed by atoms with E-state index in [9.17, 15) is 14.4 Å². The smallest absolute Gasteiger partial charge is 0.358 e. The number of ether oxygens (including phenoxy) is 1. The van der Waals surface area contributed by atoms with Crippen molar-refractivity contribution in [2.45, 2.75) is 46.3 Å². The number of hydrogen-bond donors (Lipinski definition) is 1. The summed E-state index contributed by atoms with van der Waals surface area (Å²) in [5.41, 5.74) is 2.41. The first-order chi connectivity index (χ1) is 16.2. The van der Waals surface area contributed by atoms with E-state index in [0.717, 1.165) is 16.7 Å². The monoisotopic (exact) mass is 460 g/mol. The van der Waals surface area contributed by atoms with Crippen molar-refractivity contribution in [1.29, 1.82) is 0 Å². The summed E-state index contributed by atoms with van der Waals surface area (Å²) in [6.45, 7) is 7.87. The van der Waals surface area contributed by atoms with Gasteiger partial charge in [-0.15, -0.1) is 0 Å². The van der Waals surface area contributed by atoms with E-state index in [2.05, 4.69) is 10.4 Å². The Balaban J connectivity index is 1.77. The van der Waals surface area contributed by atoms with Gasteiger partial charge >= 0.3 is 5.97 Å². The molecule has 1 N–H and O–H groups in total. The molecule has 8 nitrogen and oxygen atoms in total. The number of esters is 1. The fraction of sp³-hybridized carbons (Fsp3) is 0.308. The molecule has 0 aliphatic carbocycles. The Morgan fingerprint density at radius 1 is 1.12 bits per heavy atom. The quantitative estimate of drug-likeness (QED) is 0.569. The molecule has 0 fully saturated rings. The summed E-state index contributed by atoms with van der Waals surface area (Å²) in [5, 5.41) is 7.28. The second-order valence-electron chi connectivity index (χ2n) is 8.67. The highest BCUT2D eigenvalue weighted by atomic mass is 16.5. The normalized spacial score (nSPS) is 17.3. The van der Waals surface area contributed by atoms with E-state index >= 15 is 0 Å². The molecule has 0 radical (unpaired) electrons. The molecule has 0 spiro atoms. The summed E-state index contributed by atoms with van der Waals surface area (Å²) in [4.78, 5) is 41.2. The molecule has 1 aromatic heterocycles. The second kappa shape index (κ2) is 9.13. The van der Waals surface area contributed by atoms with Gasteiger partial charge in [0.1, 0.15) is 11.2 Å². The first kappa shape index (κ1) is 23.2. The lowest BCUT2D eigenvalue weighted by atomic mass is 9.92. The van der Waals surface area contributed by atoms with E-state index in [1.54, 1.807) is 13.8 Å². The molecule has 0 unspecified atom stereocenters. The molecule has 3 aromatic rings. The molecular formula is C26H28N4O4. The van der Waals surface area contributed by atoms with Gasteiger partial charge in [-0.2, -0.15) is 5.10 Å². The average molecular weight is 461 g/mol. The lowest BCUT2D eigenvalue weighted by molar-refractivity contribution is -0.126. The van der Waals surface area contributed by atoms with Crippen LogP contribution in [-0.4, -0.2) is 39.7 Å². The van der Waals surface area contributed by atoms with Crippen molar-refractivity contribution in [3.05, 3.63) is 82.7 Å². The molecular weight excluding hydrogens is 432 g/mol. The van der Waals surface area contributed by atoms with Gasteiger partial charge in [0.25, 0.3) is 5.91 Å². The molecule has 1 aliphatic rings. The van der Waals surface area contributed by atoms with Gasteiger partial charge in [-0.1, -0.05) is 42.5 Å². The minimum atomic E-state index is -1.28. The number of hydrogen-bond acceptors (Lipinski definition) is 5. The molecule has 0 saturated carbocycles. The standard InChI is InChI=1S/C26H28N4O4/c1-5-34-24(32)20-14-22-23(31)30(21-13-17(2)11-12-18(21)3)26(4,16-29(22)28-20)25(33)27-15-19-9-7-6-8-10-19/h6-14H,5,15-16H2,1-4H3,(H,27,33)/t26-/m1/s1. The van der Waals surface area contributed by atoms with Gasteiger partial charge in [-0.3, -0.25) is 19.2 Å². The molecule has 2 aromatic carbocycles. The van der Waals surface area contributed by atoms with E-state index in [-0.39, 0.29) is 30.4 Å². The van der Waals surface area contributed by atoms with Crippen LogP contribution in [0.4, 0.5) is 5.69 Å². The Hall–Kier alpha value is -3.94. The van der Waals surface area contributed by atoms with Crippen LogP contribution < -0.4 is 10.2 Å². The number of aromatic nitrogens is 2. The lowest BCUT2D eigenvalue weighted by Crippen LogP contribution is -2.64. The predicted molar refractivity (Wildman–Crippen MR) is 128 cm³/mol. The Morgan fingerprint density at radius 3 is 2.56 bits per heavy atom. The maximum absolute atomic E-state index is 13.8. The van der Waals surface area contributed by atoms with Gasteiger partial charge in [0.2, 0.25) is 5.91 Å². The van der Waals surface area contributed by atoms with Crippen LogP contribution in [0.2, 0.25) is 0 Å². The Labute approximate surface area is 198 Å². The zero-order valence-electron chi connectivity index (χ0n) is 19.8. The Morgan fingerprint density at radius 2 is 1.85 bits per heavy atom. The number of benzene rings is 2. The number of nitrogens with zero attached hydrogens (tertiary/aromatic N) is 3. The van der Waals surface area contributed by atoms with Gasteiger partial charge in [0.05, 0.1) is 13.2 Å². The highest BCUT2D eigenvalue weighted by molar-refractivity contribution is 6.12. The number of nitrogens with one attached hydrogen (secondary N) is 1. The summed E-state index contributed by atoms with van der Waals surface area (Å²) in [6.07, 6.45) is 0. The van der Waals surface area contributed by atoms with E-state index in [1.807, 2.05) is 62.4 Å². The lowest BCUT2D eigenvalue weighted by Gasteiger charge is -2.43. The summed E-state index contributed by atoms with van der Waals surface area (Å²) in [7, 11) is 0. The number of carbonyl (C=O) groups is 3. The van der Waals surface area contributed by atoms with Crippen LogP contribution in [-0.2, 0) is 22.6 Å². The third-order valence-corrected chi connectivity index (χ3v) is 6.03. The van der Waals surface area contributed by atoms with Crippen LogP contribution >= 0.6 is 0 Å². The Bertz CT molecular complexity index is 1250. The minimum absolute atomic E-state index is 0.0417. The summed E-state index contributed by atoms with van der Waals surface area (Å²) >= 11 is 0. The van der Waals surface area contributed by atoms with Crippen LogP contribution in [0, 0.1) is 13.8 Å². The van der Waals surface area contributed by atoms with Crippen LogP contribution in [0.25, 0.3) is 0 Å². The van der Waals surface area contributed by atoms with Crippen LogP contribution in [0.1, 0.15) is 51.5 Å². The van der Waals surface area contributed by atoms with E-state index in [4.69, 9.17) is 4.74 Å². The van der Waals surface area contributed by atoms with E-state index in [1.165, 1.54) is 15.6 Å². The van der Waals surface area contributed by atoms with Crippen molar-refractivity contribution in [3.8, 4) is 0 Å². The number of anilines is 1. The average Bonchev–Trinajstić information content (AvgIpc) is 3.24. The SMILES string of the molecule is CCOC(=O)c1cc2n(n1)C[C@](C)(C(=O)NCc1ccccc1)N(c1cc(C)ccc1C)C2=O. The van der Waals surface area contributed by atoms with Gasteiger partial charge in [-0.05, 0) is 50.5 Å². The van der Waals surface area contributed by atoms with Gasteiger partial charge in [0.15, 0.2) is 5.69 Å². The van der Waals surface area contributed by atoms with Gasteiger partial charge in [0, 0.05) is 18.3 Å². The molecule has 0 bridgehead atoms. The van der Waals surface area contributed by atoms with Crippen molar-refractivity contribution in [2.24, 2.45) is 0 Å². The second-order valence-corrected chi connectivity index (χ2v) is 8.67. The van der Waals surface area contributed by atoms with Crippen molar-refractivity contribution >= 4 is 23.5 Å². The molecule has 2 heterocycles. The van der Waals surface area contributed by atoms with Gasteiger partial charge in [-0.25, -0.2) is 4.79 Å². The van der Waals surface area contributed by atoms with Crippen molar-refractivity contribution in [3.63, 3.8) is 0 Å². The van der Waals surface area contributed by atoms with Crippen LogP contribution in [0.3, 0.4) is 0 Å². The maximum Gasteiger partial charge on any atom is 0.358 e. The zero-order chi connectivity index (χ0) is 24.5. The topological polar surface area (TPSA) is 93.5 Å². The number of rotatable bonds is 6. The Kier molecular flexibility index (Phi) is 6.24. The van der Waals surface area contributed by atoms with Crippen molar-refractivity contribution < 1.29 is 19.1 Å². The molecule has 0 saturated heterocycles. The first-order valence-corrected chi connectivity index (χ1v) is 11.2. The number of amides is 2. The number of carbonyl (C=O) groups excluding carboxylic acids is 3. The summed E-state index contributed by atoms with van der Waals surface area (Å²) < 4.78 is 6.48.